The van der Waals surface area contributed by atoms with Gasteiger partial charge < -0.3 is 19.9 Å². The summed E-state index contributed by atoms with van der Waals surface area (Å²) in [6.45, 7) is 8.79. The number of carbonyl (C=O) groups is 5. The molecule has 41 heavy (non-hydrogen) atoms. The molecule has 3 atom stereocenters. The highest BCUT2D eigenvalue weighted by Crippen LogP contribution is 2.23. The van der Waals surface area contributed by atoms with E-state index in [0.29, 0.717) is 5.56 Å². The fourth-order valence-corrected chi connectivity index (χ4v) is 4.23. The largest absolute Gasteiger partial charge is 0.481 e. The van der Waals surface area contributed by atoms with Crippen molar-refractivity contribution < 1.29 is 38.6 Å². The molecule has 1 amide bonds. The van der Waals surface area contributed by atoms with Crippen LogP contribution in [-0.4, -0.2) is 46.3 Å². The maximum atomic E-state index is 13.4. The topological polar surface area (TPSA) is 136 Å². The molecule has 222 valence electrons. The molecular formula is C32H41NO8. The second-order valence-electron chi connectivity index (χ2n) is 11.4. The molecule has 9 heteroatoms. The summed E-state index contributed by atoms with van der Waals surface area (Å²) >= 11 is 0. The van der Waals surface area contributed by atoms with Crippen molar-refractivity contribution in [3.05, 3.63) is 71.8 Å². The van der Waals surface area contributed by atoms with Gasteiger partial charge in [0, 0.05) is 12.8 Å². The van der Waals surface area contributed by atoms with Gasteiger partial charge in [0.15, 0.2) is 5.78 Å². The number of esters is 2. The zero-order chi connectivity index (χ0) is 30.6. The Hall–Kier alpha value is -4.01. The molecule has 0 aromatic heterocycles. The van der Waals surface area contributed by atoms with Gasteiger partial charge in [0.1, 0.15) is 12.2 Å². The van der Waals surface area contributed by atoms with Crippen LogP contribution in [0.2, 0.25) is 0 Å². The lowest BCUT2D eigenvalue weighted by molar-refractivity contribution is -0.155. The van der Waals surface area contributed by atoms with Crippen molar-refractivity contribution in [3.8, 4) is 0 Å². The van der Waals surface area contributed by atoms with E-state index < -0.39 is 53.1 Å². The summed E-state index contributed by atoms with van der Waals surface area (Å²) in [7, 11) is 0. The molecule has 9 nitrogen and oxygen atoms in total. The van der Waals surface area contributed by atoms with Gasteiger partial charge >= 0.3 is 17.9 Å². The lowest BCUT2D eigenvalue weighted by Crippen LogP contribution is -2.46. The van der Waals surface area contributed by atoms with Crippen LogP contribution in [0.4, 0.5) is 0 Å². The fourth-order valence-electron chi connectivity index (χ4n) is 4.23. The van der Waals surface area contributed by atoms with Gasteiger partial charge in [0.25, 0.3) is 0 Å². The van der Waals surface area contributed by atoms with E-state index in [1.54, 1.807) is 65.0 Å². The molecule has 0 spiro atoms. The van der Waals surface area contributed by atoms with Crippen LogP contribution in [0.1, 0.15) is 77.3 Å². The lowest BCUT2D eigenvalue weighted by Gasteiger charge is -2.25. The maximum Gasteiger partial charge on any atom is 0.311 e. The van der Waals surface area contributed by atoms with Gasteiger partial charge in [-0.3, -0.25) is 24.0 Å². The van der Waals surface area contributed by atoms with E-state index in [1.807, 2.05) is 30.3 Å². The van der Waals surface area contributed by atoms with Crippen LogP contribution in [0.25, 0.3) is 0 Å². The molecule has 0 aliphatic heterocycles. The number of ketones is 1. The van der Waals surface area contributed by atoms with Crippen molar-refractivity contribution in [3.63, 3.8) is 0 Å². The maximum absolute atomic E-state index is 13.4. The standard InChI is InChI=1S/C32H41NO8/c1-21(2)24(19-29(36)40-20-22-12-8-6-9-13-22)30(37)33-26(16-17-28(35)41-32(3,4)5)27(34)18-25(31(38)39)23-14-10-7-11-15-23/h6-15,21,24-26H,16-20H2,1-5H3,(H,33,37)(H,38,39)/t24-,25-,26-/m0/s1. The highest BCUT2D eigenvalue weighted by atomic mass is 16.6. The number of carboxylic acid groups (broad SMARTS) is 1. The molecule has 0 bridgehead atoms. The Labute approximate surface area is 241 Å². The van der Waals surface area contributed by atoms with Gasteiger partial charge in [0.05, 0.1) is 24.3 Å². The molecule has 0 saturated heterocycles. The molecular weight excluding hydrogens is 526 g/mol. The van der Waals surface area contributed by atoms with Crippen molar-refractivity contribution in [1.82, 2.24) is 5.32 Å². The molecule has 0 heterocycles. The third-order valence-electron chi connectivity index (χ3n) is 6.44. The van der Waals surface area contributed by atoms with Crippen molar-refractivity contribution in [2.75, 3.05) is 0 Å². The average molecular weight is 568 g/mol. The number of hydrogen-bond donors (Lipinski definition) is 2. The van der Waals surface area contributed by atoms with Crippen LogP contribution in [0.3, 0.4) is 0 Å². The highest BCUT2D eigenvalue weighted by Gasteiger charge is 2.33. The normalized spacial score (nSPS) is 13.5. The summed E-state index contributed by atoms with van der Waals surface area (Å²) in [5, 5.41) is 12.5. The second-order valence-corrected chi connectivity index (χ2v) is 11.4. The molecule has 0 unspecified atom stereocenters. The first-order chi connectivity index (χ1) is 19.3. The van der Waals surface area contributed by atoms with Gasteiger partial charge in [-0.25, -0.2) is 0 Å². The zero-order valence-corrected chi connectivity index (χ0v) is 24.4. The Bertz CT molecular complexity index is 1170. The van der Waals surface area contributed by atoms with E-state index in [0.717, 1.165) is 5.56 Å². The summed E-state index contributed by atoms with van der Waals surface area (Å²) < 4.78 is 10.7. The minimum atomic E-state index is -1.18. The predicted molar refractivity (Wildman–Crippen MR) is 153 cm³/mol. The van der Waals surface area contributed by atoms with Crippen molar-refractivity contribution in [2.24, 2.45) is 11.8 Å². The molecule has 2 aromatic carbocycles. The zero-order valence-electron chi connectivity index (χ0n) is 24.4. The van der Waals surface area contributed by atoms with Crippen molar-refractivity contribution >= 4 is 29.6 Å². The van der Waals surface area contributed by atoms with Crippen LogP contribution in [0.15, 0.2) is 60.7 Å². The van der Waals surface area contributed by atoms with Crippen LogP contribution in [-0.2, 0) is 40.1 Å². The van der Waals surface area contributed by atoms with E-state index in [4.69, 9.17) is 9.47 Å². The molecule has 0 fully saturated rings. The highest BCUT2D eigenvalue weighted by molar-refractivity contribution is 5.94. The summed E-state index contributed by atoms with van der Waals surface area (Å²) in [5.41, 5.74) is 0.530. The Kier molecular flexibility index (Phi) is 12.7. The number of ether oxygens (including phenoxy) is 2. The number of benzene rings is 2. The molecule has 2 aromatic rings. The SMILES string of the molecule is CC(C)[C@H](CC(=O)OCc1ccccc1)C(=O)N[C@@H](CCC(=O)OC(C)(C)C)C(=O)C[C@H](C(=O)O)c1ccccc1. The van der Waals surface area contributed by atoms with Crippen molar-refractivity contribution in [1.29, 1.82) is 0 Å². The number of carboxylic acids is 1. The Morgan fingerprint density at radius 1 is 0.854 bits per heavy atom. The number of Topliss-reactive ketones (excluding diaryl/α,β-unsaturated/α-hetero) is 1. The van der Waals surface area contributed by atoms with Crippen LogP contribution < -0.4 is 5.32 Å². The molecule has 0 saturated carbocycles. The molecule has 0 aliphatic carbocycles. The summed E-state index contributed by atoms with van der Waals surface area (Å²) in [4.78, 5) is 63.8. The smallest absolute Gasteiger partial charge is 0.311 e. The number of carbonyl (C=O) groups excluding carboxylic acids is 4. The molecule has 0 radical (unpaired) electrons. The first-order valence-corrected chi connectivity index (χ1v) is 13.8. The second kappa shape index (κ2) is 15.7. The fraction of sp³-hybridized carbons (Fsp3) is 0.469. The molecule has 2 N–H and O–H groups in total. The summed E-state index contributed by atoms with van der Waals surface area (Å²) in [5.74, 6) is -5.57. The lowest BCUT2D eigenvalue weighted by atomic mass is 9.88. The summed E-state index contributed by atoms with van der Waals surface area (Å²) in [6, 6.07) is 16.3. The minimum absolute atomic E-state index is 0.0686. The molecule has 0 aliphatic rings. The van der Waals surface area contributed by atoms with Gasteiger partial charge in [0.2, 0.25) is 5.91 Å². The summed E-state index contributed by atoms with van der Waals surface area (Å²) in [6.07, 6.45) is -0.832. The quantitative estimate of drug-likeness (QED) is 0.292. The first-order valence-electron chi connectivity index (χ1n) is 13.8. The first kappa shape index (κ1) is 33.2. The Balaban J connectivity index is 2.17. The van der Waals surface area contributed by atoms with Gasteiger partial charge in [-0.15, -0.1) is 0 Å². The third kappa shape index (κ3) is 11.9. The van der Waals surface area contributed by atoms with Crippen LogP contribution in [0, 0.1) is 11.8 Å². The van der Waals surface area contributed by atoms with Crippen molar-refractivity contribution in [2.45, 2.75) is 84.5 Å². The van der Waals surface area contributed by atoms with E-state index >= 15 is 0 Å². The third-order valence-corrected chi connectivity index (χ3v) is 6.44. The van der Waals surface area contributed by atoms with Crippen LogP contribution >= 0.6 is 0 Å². The van der Waals surface area contributed by atoms with Gasteiger partial charge in [-0.2, -0.15) is 0 Å². The van der Waals surface area contributed by atoms with Gasteiger partial charge in [-0.1, -0.05) is 74.5 Å². The Morgan fingerprint density at radius 2 is 1.44 bits per heavy atom. The minimum Gasteiger partial charge on any atom is -0.481 e. The van der Waals surface area contributed by atoms with Crippen LogP contribution in [0.5, 0.6) is 0 Å². The number of nitrogens with one attached hydrogen (secondary N) is 1. The number of rotatable bonds is 15. The Morgan fingerprint density at radius 3 is 1.98 bits per heavy atom. The van der Waals surface area contributed by atoms with Gasteiger partial charge in [-0.05, 0) is 44.2 Å². The van der Waals surface area contributed by atoms with E-state index in [9.17, 15) is 29.1 Å². The van der Waals surface area contributed by atoms with E-state index in [-0.39, 0.29) is 38.2 Å². The number of amides is 1. The molecule has 2 rings (SSSR count). The average Bonchev–Trinajstić information content (AvgIpc) is 2.91. The monoisotopic (exact) mass is 567 g/mol. The van der Waals surface area contributed by atoms with E-state index in [1.165, 1.54) is 0 Å². The predicted octanol–water partition coefficient (Wildman–Crippen LogP) is 4.83. The number of hydrogen-bond acceptors (Lipinski definition) is 7. The van der Waals surface area contributed by atoms with E-state index in [2.05, 4.69) is 5.32 Å². The number of aliphatic carboxylic acids is 1.